The highest BCUT2D eigenvalue weighted by Crippen LogP contribution is 2.57. The van der Waals surface area contributed by atoms with Crippen molar-refractivity contribution < 1.29 is 24.0 Å². The normalized spacial score (nSPS) is 35.2. The second-order valence-corrected chi connectivity index (χ2v) is 6.92. The van der Waals surface area contributed by atoms with Crippen LogP contribution in [0.4, 0.5) is 0 Å². The fourth-order valence-electron chi connectivity index (χ4n) is 0.974. The molecule has 0 aromatic heterocycles. The molecule has 1 aliphatic rings. The highest BCUT2D eigenvalue weighted by atomic mass is 35.9. The molecule has 1 saturated heterocycles. The van der Waals surface area contributed by atoms with Crippen molar-refractivity contribution in [3.8, 4) is 0 Å². The minimum atomic E-state index is -3.59. The number of rotatable bonds is 3. The summed E-state index contributed by atoms with van der Waals surface area (Å²) in [7, 11) is 0. The Labute approximate surface area is 84.6 Å². The van der Waals surface area contributed by atoms with E-state index in [9.17, 15) is 9.67 Å². The van der Waals surface area contributed by atoms with Gasteiger partial charge in [-0.2, -0.15) is 0 Å². The maximum absolute atomic E-state index is 10.7. The quantitative estimate of drug-likeness (QED) is 0.722. The molecule has 0 bridgehead atoms. The molecule has 0 radical (unpaired) electrons. The summed E-state index contributed by atoms with van der Waals surface area (Å²) in [6.07, 6.45) is -6.33. The maximum atomic E-state index is 10.7. The van der Waals surface area contributed by atoms with Crippen LogP contribution in [0.5, 0.6) is 0 Å². The highest BCUT2D eigenvalue weighted by molar-refractivity contribution is 8.05. The van der Waals surface area contributed by atoms with Gasteiger partial charge in [0.15, 0.2) is 0 Å². The molecule has 1 rings (SSSR count). The van der Waals surface area contributed by atoms with Gasteiger partial charge in [-0.3, -0.25) is 4.57 Å². The molecular formula is C5H9Cl2O5P. The molecule has 0 aromatic carbocycles. The van der Waals surface area contributed by atoms with Crippen LogP contribution >= 0.6 is 28.6 Å². The van der Waals surface area contributed by atoms with Gasteiger partial charge in [0.1, 0.15) is 18.3 Å². The van der Waals surface area contributed by atoms with E-state index in [2.05, 4.69) is 4.52 Å². The van der Waals surface area contributed by atoms with Gasteiger partial charge in [-0.1, -0.05) is 0 Å². The fraction of sp³-hybridized carbons (Fsp3) is 1.00. The van der Waals surface area contributed by atoms with E-state index in [0.29, 0.717) is 0 Å². The second kappa shape index (κ2) is 4.45. The van der Waals surface area contributed by atoms with Crippen molar-refractivity contribution in [2.24, 2.45) is 0 Å². The standard InChI is InChI=1S/C5H9Cl2O5P/c6-13(7,10)12-2-4-5(9)3(8)1-11-4/h3-5,8-9H,1-2H2/t3-,4+,5-/m0/s1. The molecule has 0 aromatic rings. The largest absolute Gasteiger partial charge is 0.388 e. The van der Waals surface area contributed by atoms with Gasteiger partial charge in [-0.25, -0.2) is 0 Å². The monoisotopic (exact) mass is 250 g/mol. The number of halogens is 2. The van der Waals surface area contributed by atoms with Crippen LogP contribution in [0.2, 0.25) is 0 Å². The Balaban J connectivity index is 2.35. The van der Waals surface area contributed by atoms with Gasteiger partial charge in [0.05, 0.1) is 13.2 Å². The molecule has 1 aliphatic heterocycles. The molecule has 0 unspecified atom stereocenters. The molecule has 2 N–H and O–H groups in total. The summed E-state index contributed by atoms with van der Waals surface area (Å²) < 4.78 is 20.1. The second-order valence-electron chi connectivity index (χ2n) is 2.64. The van der Waals surface area contributed by atoms with E-state index in [1.807, 2.05) is 0 Å². The smallest absolute Gasteiger partial charge is 0.380 e. The molecule has 5 nitrogen and oxygen atoms in total. The van der Waals surface area contributed by atoms with Gasteiger partial charge in [-0.15, -0.1) is 0 Å². The average molecular weight is 251 g/mol. The predicted octanol–water partition coefficient (Wildman–Crippen LogP) is 0.709. The van der Waals surface area contributed by atoms with Crippen LogP contribution in [0.25, 0.3) is 0 Å². The van der Waals surface area contributed by atoms with E-state index in [4.69, 9.17) is 32.3 Å². The van der Waals surface area contributed by atoms with Gasteiger partial charge < -0.3 is 19.5 Å². The van der Waals surface area contributed by atoms with E-state index in [1.54, 1.807) is 0 Å². The molecule has 8 heteroatoms. The van der Waals surface area contributed by atoms with Crippen LogP contribution in [-0.4, -0.2) is 41.7 Å². The molecule has 0 aliphatic carbocycles. The maximum Gasteiger partial charge on any atom is 0.380 e. The van der Waals surface area contributed by atoms with Crippen LogP contribution in [0.1, 0.15) is 0 Å². The predicted molar refractivity (Wildman–Crippen MR) is 47.0 cm³/mol. The molecule has 3 atom stereocenters. The number of ether oxygens (including phenoxy) is 1. The summed E-state index contributed by atoms with van der Waals surface area (Å²) in [5.74, 6) is 0. The fourth-order valence-corrected chi connectivity index (χ4v) is 1.63. The molecule has 13 heavy (non-hydrogen) atoms. The zero-order valence-electron chi connectivity index (χ0n) is 6.47. The van der Waals surface area contributed by atoms with Gasteiger partial charge in [-0.05, 0) is 22.5 Å². The first-order valence-corrected chi connectivity index (χ1v) is 6.95. The minimum Gasteiger partial charge on any atom is -0.388 e. The molecule has 1 heterocycles. The number of hydrogen-bond donors (Lipinski definition) is 2. The Morgan fingerprint density at radius 3 is 2.54 bits per heavy atom. The van der Waals surface area contributed by atoms with E-state index in [1.165, 1.54) is 0 Å². The molecule has 0 spiro atoms. The average Bonchev–Trinajstić information content (AvgIpc) is 2.29. The molecular weight excluding hydrogens is 242 g/mol. The lowest BCUT2D eigenvalue weighted by Gasteiger charge is -2.14. The summed E-state index contributed by atoms with van der Waals surface area (Å²) in [6, 6.07) is 0. The first-order chi connectivity index (χ1) is 5.90. The van der Waals surface area contributed by atoms with Crippen molar-refractivity contribution in [3.05, 3.63) is 0 Å². The number of aliphatic hydroxyl groups excluding tert-OH is 2. The summed E-state index contributed by atoms with van der Waals surface area (Å²) in [5.41, 5.74) is 0. The third kappa shape index (κ3) is 3.72. The minimum absolute atomic E-state index is 0.0179. The van der Waals surface area contributed by atoms with E-state index in [0.717, 1.165) is 0 Å². The Bertz CT molecular complexity index is 219. The van der Waals surface area contributed by atoms with Gasteiger partial charge in [0, 0.05) is 0 Å². The van der Waals surface area contributed by atoms with E-state index < -0.39 is 24.4 Å². The lowest BCUT2D eigenvalue weighted by molar-refractivity contribution is 0.00165. The first-order valence-electron chi connectivity index (χ1n) is 3.52. The summed E-state index contributed by atoms with van der Waals surface area (Å²) in [5, 5.41) is 18.3. The SMILES string of the molecule is O=P(Cl)(Cl)OC[C@H]1OC[C@H](O)[C@@H]1O. The highest BCUT2D eigenvalue weighted by Gasteiger charge is 2.35. The summed E-state index contributed by atoms with van der Waals surface area (Å²) in [6.45, 7) is -0.188. The third-order valence-electron chi connectivity index (χ3n) is 1.65. The third-order valence-corrected chi connectivity index (χ3v) is 2.68. The molecule has 0 saturated carbocycles. The Kier molecular flexibility index (Phi) is 4.01. The van der Waals surface area contributed by atoms with Gasteiger partial charge >= 0.3 is 6.07 Å². The van der Waals surface area contributed by atoms with Crippen LogP contribution in [0.3, 0.4) is 0 Å². The van der Waals surface area contributed by atoms with Crippen LogP contribution in [0, 0.1) is 0 Å². The number of hydrogen-bond acceptors (Lipinski definition) is 5. The van der Waals surface area contributed by atoms with Crippen molar-refractivity contribution in [3.63, 3.8) is 0 Å². The van der Waals surface area contributed by atoms with Gasteiger partial charge in [0.2, 0.25) is 0 Å². The Morgan fingerprint density at radius 1 is 1.54 bits per heavy atom. The zero-order valence-corrected chi connectivity index (χ0v) is 8.87. The topological polar surface area (TPSA) is 76.0 Å². The lowest BCUT2D eigenvalue weighted by atomic mass is 10.2. The van der Waals surface area contributed by atoms with Crippen LogP contribution < -0.4 is 0 Å². The molecule has 78 valence electrons. The first kappa shape index (κ1) is 11.7. The molecule has 1 fully saturated rings. The van der Waals surface area contributed by atoms with Crippen molar-refractivity contribution in [1.82, 2.24) is 0 Å². The lowest BCUT2D eigenvalue weighted by Crippen LogP contribution is -2.32. The van der Waals surface area contributed by atoms with Gasteiger partial charge in [0.25, 0.3) is 0 Å². The number of aliphatic hydroxyl groups is 2. The summed E-state index contributed by atoms with van der Waals surface area (Å²) >= 11 is 10.2. The van der Waals surface area contributed by atoms with Crippen molar-refractivity contribution in [2.45, 2.75) is 18.3 Å². The Hall–Kier alpha value is 0.650. The van der Waals surface area contributed by atoms with Crippen molar-refractivity contribution >= 4 is 28.6 Å². The summed E-state index contributed by atoms with van der Waals surface area (Å²) in [4.78, 5) is 0. The Morgan fingerprint density at radius 2 is 2.15 bits per heavy atom. The van der Waals surface area contributed by atoms with Crippen molar-refractivity contribution in [1.29, 1.82) is 0 Å². The van der Waals surface area contributed by atoms with Crippen LogP contribution in [-0.2, 0) is 13.8 Å². The van der Waals surface area contributed by atoms with Crippen LogP contribution in [0.15, 0.2) is 0 Å². The molecule has 0 amide bonds. The zero-order chi connectivity index (χ0) is 10.1. The van der Waals surface area contributed by atoms with E-state index >= 15 is 0 Å². The van der Waals surface area contributed by atoms with Crippen molar-refractivity contribution in [2.75, 3.05) is 13.2 Å². The van der Waals surface area contributed by atoms with E-state index in [-0.39, 0.29) is 13.2 Å².